The highest BCUT2D eigenvalue weighted by atomic mass is 35.5. The number of sulfonamides is 1. The Bertz CT molecular complexity index is 909. The van der Waals surface area contributed by atoms with Gasteiger partial charge in [-0.3, -0.25) is 4.68 Å². The zero-order chi connectivity index (χ0) is 19.6. The van der Waals surface area contributed by atoms with Crippen molar-refractivity contribution >= 4 is 21.6 Å². The first-order valence-electron chi connectivity index (χ1n) is 8.14. The van der Waals surface area contributed by atoms with Crippen molar-refractivity contribution in [1.29, 1.82) is 0 Å². The van der Waals surface area contributed by atoms with E-state index in [-0.39, 0.29) is 15.7 Å². The van der Waals surface area contributed by atoms with Crippen LogP contribution in [0.5, 0.6) is 11.5 Å². The molecule has 0 saturated heterocycles. The predicted octanol–water partition coefficient (Wildman–Crippen LogP) is 3.23. The summed E-state index contributed by atoms with van der Waals surface area (Å²) in [5.41, 5.74) is 2.58. The SMILES string of the molecule is CCn1nc(C)c(C(C)NS(=O)(=O)c2cc(Cl)c(OC)cc2OC)c1C. The Morgan fingerprint density at radius 3 is 2.35 bits per heavy atom. The maximum Gasteiger partial charge on any atom is 0.244 e. The summed E-state index contributed by atoms with van der Waals surface area (Å²) in [7, 11) is -1.04. The molecule has 7 nitrogen and oxygen atoms in total. The summed E-state index contributed by atoms with van der Waals surface area (Å²) in [5, 5.41) is 4.63. The Kier molecular flexibility index (Phi) is 6.21. The quantitative estimate of drug-likeness (QED) is 0.770. The van der Waals surface area contributed by atoms with Gasteiger partial charge >= 0.3 is 0 Å². The Balaban J connectivity index is 2.43. The second-order valence-corrected chi connectivity index (χ2v) is 7.97. The summed E-state index contributed by atoms with van der Waals surface area (Å²) in [5.74, 6) is 0.495. The molecule has 1 atom stereocenters. The minimum Gasteiger partial charge on any atom is -0.495 e. The lowest BCUT2D eigenvalue weighted by Gasteiger charge is -2.17. The van der Waals surface area contributed by atoms with Crippen molar-refractivity contribution in [1.82, 2.24) is 14.5 Å². The summed E-state index contributed by atoms with van der Waals surface area (Å²) < 4.78 is 40.7. The molecule has 2 aromatic rings. The number of nitrogens with zero attached hydrogens (tertiary/aromatic N) is 2. The van der Waals surface area contributed by atoms with Crippen molar-refractivity contribution in [3.8, 4) is 11.5 Å². The molecule has 0 bridgehead atoms. The van der Waals surface area contributed by atoms with Crippen LogP contribution in [-0.4, -0.2) is 32.4 Å². The second-order valence-electron chi connectivity index (χ2n) is 5.88. The number of hydrogen-bond acceptors (Lipinski definition) is 5. The molecule has 0 fully saturated rings. The molecule has 1 aromatic heterocycles. The molecule has 9 heteroatoms. The molecule has 0 amide bonds. The second kappa shape index (κ2) is 7.85. The molecule has 0 aliphatic heterocycles. The van der Waals surface area contributed by atoms with E-state index in [9.17, 15) is 8.42 Å². The molecule has 1 aromatic carbocycles. The first kappa shape index (κ1) is 20.5. The summed E-state index contributed by atoms with van der Waals surface area (Å²) in [4.78, 5) is -0.0455. The van der Waals surface area contributed by atoms with Crippen molar-refractivity contribution in [3.05, 3.63) is 34.1 Å². The Labute approximate surface area is 159 Å². The molecule has 0 aliphatic rings. The monoisotopic (exact) mass is 401 g/mol. The fraction of sp³-hybridized carbons (Fsp3) is 0.471. The Hall–Kier alpha value is -1.77. The third-order valence-electron chi connectivity index (χ3n) is 4.23. The van der Waals surface area contributed by atoms with E-state index in [0.29, 0.717) is 12.3 Å². The Morgan fingerprint density at radius 2 is 1.85 bits per heavy atom. The summed E-state index contributed by atoms with van der Waals surface area (Å²) in [6.45, 7) is 8.28. The lowest BCUT2D eigenvalue weighted by atomic mass is 10.1. The van der Waals surface area contributed by atoms with Gasteiger partial charge in [-0.25, -0.2) is 13.1 Å². The van der Waals surface area contributed by atoms with E-state index in [1.165, 1.54) is 26.4 Å². The van der Waals surface area contributed by atoms with E-state index in [4.69, 9.17) is 21.1 Å². The van der Waals surface area contributed by atoms with Gasteiger partial charge in [0.25, 0.3) is 0 Å². The van der Waals surface area contributed by atoms with Gasteiger partial charge in [0, 0.05) is 29.9 Å². The molecular formula is C17H24ClN3O4S. The minimum absolute atomic E-state index is 0.0455. The van der Waals surface area contributed by atoms with E-state index in [0.717, 1.165) is 17.0 Å². The van der Waals surface area contributed by atoms with Crippen LogP contribution in [0.25, 0.3) is 0 Å². The van der Waals surface area contributed by atoms with Crippen LogP contribution in [0.15, 0.2) is 17.0 Å². The highest BCUT2D eigenvalue weighted by Crippen LogP contribution is 2.35. The number of benzene rings is 1. The number of aromatic nitrogens is 2. The average molecular weight is 402 g/mol. The number of rotatable bonds is 7. The van der Waals surface area contributed by atoms with Gasteiger partial charge in [-0.05, 0) is 33.8 Å². The largest absolute Gasteiger partial charge is 0.495 e. The van der Waals surface area contributed by atoms with Crippen LogP contribution in [0.1, 0.15) is 36.8 Å². The van der Waals surface area contributed by atoms with Gasteiger partial charge in [0.1, 0.15) is 16.4 Å². The third-order valence-corrected chi connectivity index (χ3v) is 6.09. The molecular weight excluding hydrogens is 378 g/mol. The molecule has 1 unspecified atom stereocenters. The molecule has 2 rings (SSSR count). The van der Waals surface area contributed by atoms with Gasteiger partial charge in [-0.2, -0.15) is 5.10 Å². The summed E-state index contributed by atoms with van der Waals surface area (Å²) >= 11 is 6.10. The topological polar surface area (TPSA) is 82.5 Å². The minimum atomic E-state index is -3.88. The maximum absolute atomic E-state index is 12.9. The predicted molar refractivity (Wildman–Crippen MR) is 101 cm³/mol. The van der Waals surface area contributed by atoms with Gasteiger partial charge in [-0.1, -0.05) is 11.6 Å². The zero-order valence-corrected chi connectivity index (χ0v) is 17.3. The van der Waals surface area contributed by atoms with E-state index in [1.54, 1.807) is 6.92 Å². The highest BCUT2D eigenvalue weighted by molar-refractivity contribution is 7.89. The number of halogens is 1. The van der Waals surface area contributed by atoms with Crippen molar-refractivity contribution in [2.45, 2.75) is 45.2 Å². The van der Waals surface area contributed by atoms with Crippen molar-refractivity contribution in [3.63, 3.8) is 0 Å². The molecule has 0 radical (unpaired) electrons. The van der Waals surface area contributed by atoms with Gasteiger partial charge in [-0.15, -0.1) is 0 Å². The number of aryl methyl sites for hydroxylation is 2. The fourth-order valence-corrected chi connectivity index (χ4v) is 4.74. The molecule has 0 saturated carbocycles. The Morgan fingerprint density at radius 1 is 1.23 bits per heavy atom. The van der Waals surface area contributed by atoms with Crippen LogP contribution in [-0.2, 0) is 16.6 Å². The van der Waals surface area contributed by atoms with Crippen LogP contribution in [0.3, 0.4) is 0 Å². The van der Waals surface area contributed by atoms with Crippen LogP contribution in [0.2, 0.25) is 5.02 Å². The van der Waals surface area contributed by atoms with Gasteiger partial charge in [0.15, 0.2) is 0 Å². The average Bonchev–Trinajstić information content (AvgIpc) is 2.87. The number of methoxy groups -OCH3 is 2. The van der Waals surface area contributed by atoms with Crippen LogP contribution in [0.4, 0.5) is 0 Å². The first-order valence-corrected chi connectivity index (χ1v) is 10.00. The molecule has 0 aliphatic carbocycles. The number of ether oxygens (including phenoxy) is 2. The molecule has 144 valence electrons. The standard InChI is InChI=1S/C17H24ClN3O4S/c1-7-21-12(4)17(10(2)19-21)11(3)20-26(22,23)16-8-13(18)14(24-5)9-15(16)25-6/h8-9,11,20H,7H2,1-6H3. The smallest absolute Gasteiger partial charge is 0.244 e. The number of nitrogens with one attached hydrogen (secondary N) is 1. The highest BCUT2D eigenvalue weighted by Gasteiger charge is 2.27. The molecule has 0 spiro atoms. The summed E-state index contributed by atoms with van der Waals surface area (Å²) in [6.07, 6.45) is 0. The van der Waals surface area contributed by atoms with Crippen LogP contribution in [0, 0.1) is 13.8 Å². The first-order chi connectivity index (χ1) is 12.2. The van der Waals surface area contributed by atoms with Gasteiger partial charge in [0.2, 0.25) is 10.0 Å². The van der Waals surface area contributed by atoms with E-state index >= 15 is 0 Å². The zero-order valence-electron chi connectivity index (χ0n) is 15.8. The van der Waals surface area contributed by atoms with E-state index < -0.39 is 16.1 Å². The number of hydrogen-bond donors (Lipinski definition) is 1. The lowest BCUT2D eigenvalue weighted by molar-refractivity contribution is 0.386. The van der Waals surface area contributed by atoms with E-state index in [1.807, 2.05) is 25.5 Å². The molecule has 1 N–H and O–H groups in total. The maximum atomic E-state index is 12.9. The molecule has 1 heterocycles. The van der Waals surface area contributed by atoms with E-state index in [2.05, 4.69) is 9.82 Å². The molecule has 26 heavy (non-hydrogen) atoms. The van der Waals surface area contributed by atoms with Crippen LogP contribution < -0.4 is 14.2 Å². The fourth-order valence-electron chi connectivity index (χ4n) is 3.04. The van der Waals surface area contributed by atoms with Crippen molar-refractivity contribution in [2.75, 3.05) is 14.2 Å². The van der Waals surface area contributed by atoms with Gasteiger partial charge < -0.3 is 9.47 Å². The third kappa shape index (κ3) is 3.82. The summed E-state index contributed by atoms with van der Waals surface area (Å²) in [6, 6.07) is 2.31. The van der Waals surface area contributed by atoms with Crippen LogP contribution >= 0.6 is 11.6 Å². The van der Waals surface area contributed by atoms with Crippen molar-refractivity contribution < 1.29 is 17.9 Å². The lowest BCUT2D eigenvalue weighted by Crippen LogP contribution is -2.28. The normalized spacial score (nSPS) is 12.9. The van der Waals surface area contributed by atoms with Crippen molar-refractivity contribution in [2.24, 2.45) is 0 Å². The van der Waals surface area contributed by atoms with Gasteiger partial charge in [0.05, 0.1) is 24.9 Å².